The highest BCUT2D eigenvalue weighted by molar-refractivity contribution is 6.00. The number of esters is 2. The Bertz CT molecular complexity index is 435. The first-order valence-electron chi connectivity index (χ1n) is 10.4. The Morgan fingerprint density at radius 2 is 1.15 bits per heavy atom. The lowest BCUT2D eigenvalue weighted by Crippen LogP contribution is -2.19. The van der Waals surface area contributed by atoms with E-state index in [4.69, 9.17) is 9.47 Å². The van der Waals surface area contributed by atoms with Crippen molar-refractivity contribution in [2.45, 2.75) is 92.9 Å². The molecule has 26 heavy (non-hydrogen) atoms. The summed E-state index contributed by atoms with van der Waals surface area (Å²) in [7, 11) is 0. The quantitative estimate of drug-likeness (QED) is 0.219. The molecule has 152 valence electrons. The monoisotopic (exact) mass is 368 g/mol. The van der Waals surface area contributed by atoms with Crippen LogP contribution in [0.3, 0.4) is 0 Å². The summed E-state index contributed by atoms with van der Waals surface area (Å²) in [5, 5.41) is 0. The standard InChI is InChI=1S/C22H40O4/c1-7-9-10-11-12-13-14-20(22(24)26-16-18(5)6)19(8-2)21(23)25-15-17(3)4/h17-18H,7-16H2,1-6H3/b20-19-. The summed E-state index contributed by atoms with van der Waals surface area (Å²) in [6.45, 7) is 12.8. The average molecular weight is 369 g/mol. The van der Waals surface area contributed by atoms with Gasteiger partial charge in [-0.05, 0) is 31.1 Å². The predicted octanol–water partition coefficient (Wildman–Crippen LogP) is 5.84. The van der Waals surface area contributed by atoms with Gasteiger partial charge in [0.2, 0.25) is 0 Å². The minimum Gasteiger partial charge on any atom is -0.462 e. The van der Waals surface area contributed by atoms with E-state index < -0.39 is 0 Å². The van der Waals surface area contributed by atoms with Gasteiger partial charge in [0.05, 0.1) is 13.2 Å². The zero-order chi connectivity index (χ0) is 19.9. The first kappa shape index (κ1) is 24.7. The van der Waals surface area contributed by atoms with E-state index in [0.717, 1.165) is 12.8 Å². The minimum atomic E-state index is -0.372. The summed E-state index contributed by atoms with van der Waals surface area (Å²) in [6, 6.07) is 0. The Morgan fingerprint density at radius 1 is 0.692 bits per heavy atom. The van der Waals surface area contributed by atoms with Gasteiger partial charge < -0.3 is 9.47 Å². The van der Waals surface area contributed by atoms with Gasteiger partial charge >= 0.3 is 11.9 Å². The Hall–Kier alpha value is -1.32. The molecule has 0 aromatic carbocycles. The maximum absolute atomic E-state index is 12.6. The van der Waals surface area contributed by atoms with Crippen molar-refractivity contribution < 1.29 is 19.1 Å². The number of carbonyl (C=O) groups excluding carboxylic acids is 2. The lowest BCUT2D eigenvalue weighted by molar-refractivity contribution is -0.143. The molecule has 0 heterocycles. The molecule has 4 nitrogen and oxygen atoms in total. The van der Waals surface area contributed by atoms with Crippen LogP contribution in [-0.4, -0.2) is 25.2 Å². The van der Waals surface area contributed by atoms with Gasteiger partial charge in [0.25, 0.3) is 0 Å². The van der Waals surface area contributed by atoms with Gasteiger partial charge in [0.15, 0.2) is 0 Å². The van der Waals surface area contributed by atoms with Crippen molar-refractivity contribution in [2.24, 2.45) is 11.8 Å². The van der Waals surface area contributed by atoms with E-state index in [-0.39, 0.29) is 23.8 Å². The van der Waals surface area contributed by atoms with Gasteiger partial charge in [0, 0.05) is 11.1 Å². The fourth-order valence-electron chi connectivity index (χ4n) is 2.60. The second-order valence-electron chi connectivity index (χ2n) is 7.81. The summed E-state index contributed by atoms with van der Waals surface area (Å²) in [4.78, 5) is 25.0. The summed E-state index contributed by atoms with van der Waals surface area (Å²) in [5.74, 6) is -0.187. The summed E-state index contributed by atoms with van der Waals surface area (Å²) >= 11 is 0. The van der Waals surface area contributed by atoms with Gasteiger partial charge in [-0.25, -0.2) is 9.59 Å². The van der Waals surface area contributed by atoms with Crippen LogP contribution in [0.1, 0.15) is 92.9 Å². The lowest BCUT2D eigenvalue weighted by atomic mass is 9.99. The van der Waals surface area contributed by atoms with Gasteiger partial charge in [-0.2, -0.15) is 0 Å². The molecule has 0 aromatic rings. The first-order valence-corrected chi connectivity index (χ1v) is 10.4. The Kier molecular flexibility index (Phi) is 14.1. The van der Waals surface area contributed by atoms with E-state index in [1.54, 1.807) is 0 Å². The number of hydrogen-bond donors (Lipinski definition) is 0. The first-order chi connectivity index (χ1) is 12.3. The van der Waals surface area contributed by atoms with Crippen LogP contribution in [0.2, 0.25) is 0 Å². The molecule has 0 aliphatic rings. The molecule has 0 amide bonds. The second kappa shape index (κ2) is 14.8. The van der Waals surface area contributed by atoms with Crippen molar-refractivity contribution in [3.8, 4) is 0 Å². The van der Waals surface area contributed by atoms with Crippen molar-refractivity contribution in [3.63, 3.8) is 0 Å². The third-order valence-electron chi connectivity index (χ3n) is 4.09. The number of hydrogen-bond acceptors (Lipinski definition) is 4. The molecule has 0 spiro atoms. The lowest BCUT2D eigenvalue weighted by Gasteiger charge is -2.15. The van der Waals surface area contributed by atoms with Crippen LogP contribution in [0.5, 0.6) is 0 Å². The molecule has 0 aliphatic heterocycles. The number of unbranched alkanes of at least 4 members (excludes halogenated alkanes) is 5. The van der Waals surface area contributed by atoms with Crippen molar-refractivity contribution in [2.75, 3.05) is 13.2 Å². The number of rotatable bonds is 14. The fourth-order valence-corrected chi connectivity index (χ4v) is 2.60. The van der Waals surface area contributed by atoms with Crippen molar-refractivity contribution in [1.82, 2.24) is 0 Å². The SMILES string of the molecule is CCCCCCCC/C(C(=O)OCC(C)C)=C(\CC)C(=O)OCC(C)C. The molecular weight excluding hydrogens is 328 g/mol. The van der Waals surface area contributed by atoms with E-state index in [9.17, 15) is 9.59 Å². The fraction of sp³-hybridized carbons (Fsp3) is 0.818. The highest BCUT2D eigenvalue weighted by Crippen LogP contribution is 2.21. The molecule has 0 aliphatic carbocycles. The highest BCUT2D eigenvalue weighted by atomic mass is 16.5. The number of carbonyl (C=O) groups is 2. The molecule has 0 N–H and O–H groups in total. The van der Waals surface area contributed by atoms with Crippen molar-refractivity contribution in [3.05, 3.63) is 11.1 Å². The van der Waals surface area contributed by atoms with Crippen LogP contribution in [0.4, 0.5) is 0 Å². The van der Waals surface area contributed by atoms with E-state index >= 15 is 0 Å². The second-order valence-corrected chi connectivity index (χ2v) is 7.81. The smallest absolute Gasteiger partial charge is 0.334 e. The topological polar surface area (TPSA) is 52.6 Å². The van der Waals surface area contributed by atoms with Crippen LogP contribution in [0.25, 0.3) is 0 Å². The molecular formula is C22H40O4. The molecule has 4 heteroatoms. The summed E-state index contributed by atoms with van der Waals surface area (Å²) in [5.41, 5.74) is 0.991. The molecule has 0 unspecified atom stereocenters. The van der Waals surface area contributed by atoms with Gasteiger partial charge in [-0.1, -0.05) is 73.6 Å². The molecule has 0 saturated heterocycles. The molecule has 0 atom stereocenters. The van der Waals surface area contributed by atoms with Crippen LogP contribution in [0, 0.1) is 11.8 Å². The average Bonchev–Trinajstić information content (AvgIpc) is 2.59. The maximum Gasteiger partial charge on any atom is 0.334 e. The van der Waals surface area contributed by atoms with E-state index in [1.807, 2.05) is 34.6 Å². The van der Waals surface area contributed by atoms with Crippen LogP contribution >= 0.6 is 0 Å². The molecule has 0 radical (unpaired) electrons. The molecule has 0 fully saturated rings. The highest BCUT2D eigenvalue weighted by Gasteiger charge is 2.22. The van der Waals surface area contributed by atoms with Gasteiger partial charge in [-0.15, -0.1) is 0 Å². The van der Waals surface area contributed by atoms with Crippen LogP contribution in [0.15, 0.2) is 11.1 Å². The molecule has 0 saturated carbocycles. The molecule has 0 bridgehead atoms. The summed E-state index contributed by atoms with van der Waals surface area (Å²) in [6.07, 6.45) is 7.90. The zero-order valence-electron chi connectivity index (χ0n) is 17.9. The molecule has 0 rings (SSSR count). The Labute approximate surface area is 160 Å². The third-order valence-corrected chi connectivity index (χ3v) is 4.09. The predicted molar refractivity (Wildman–Crippen MR) is 107 cm³/mol. The minimum absolute atomic E-state index is 0.270. The third kappa shape index (κ3) is 11.3. The largest absolute Gasteiger partial charge is 0.462 e. The Balaban J connectivity index is 5.04. The number of ether oxygens (including phenoxy) is 2. The van der Waals surface area contributed by atoms with Crippen LogP contribution in [-0.2, 0) is 19.1 Å². The zero-order valence-corrected chi connectivity index (χ0v) is 17.9. The van der Waals surface area contributed by atoms with Gasteiger partial charge in [-0.3, -0.25) is 0 Å². The van der Waals surface area contributed by atoms with Crippen molar-refractivity contribution in [1.29, 1.82) is 0 Å². The van der Waals surface area contributed by atoms with Crippen LogP contribution < -0.4 is 0 Å². The Morgan fingerprint density at radius 3 is 1.62 bits per heavy atom. The normalized spacial score (nSPS) is 12.3. The van der Waals surface area contributed by atoms with E-state index in [2.05, 4.69) is 6.92 Å². The van der Waals surface area contributed by atoms with E-state index in [0.29, 0.717) is 37.2 Å². The molecule has 0 aromatic heterocycles. The summed E-state index contributed by atoms with van der Waals surface area (Å²) < 4.78 is 10.8. The van der Waals surface area contributed by atoms with Gasteiger partial charge in [0.1, 0.15) is 0 Å². The van der Waals surface area contributed by atoms with E-state index in [1.165, 1.54) is 25.7 Å². The van der Waals surface area contributed by atoms with Crippen molar-refractivity contribution >= 4 is 11.9 Å². The maximum atomic E-state index is 12.6.